The number of aromatic nitrogens is 4. The summed E-state index contributed by atoms with van der Waals surface area (Å²) in [6.07, 6.45) is 9.56. The molecule has 2 unspecified atom stereocenters. The highest BCUT2D eigenvalue weighted by Crippen LogP contribution is 2.53. The summed E-state index contributed by atoms with van der Waals surface area (Å²) in [4.78, 5) is 28.6. The normalized spacial score (nSPS) is 23.0. The summed E-state index contributed by atoms with van der Waals surface area (Å²) in [5.74, 6) is -1.79. The molecule has 3 aromatic heterocycles. The number of halogens is 2. The summed E-state index contributed by atoms with van der Waals surface area (Å²) in [5.41, 5.74) is 16.7. The Balaban J connectivity index is 1.27. The Bertz CT molecular complexity index is 1870. The first-order valence-electron chi connectivity index (χ1n) is 15.0. The lowest BCUT2D eigenvalue weighted by Crippen LogP contribution is -2.54. The van der Waals surface area contributed by atoms with E-state index in [9.17, 15) is 13.6 Å². The highest BCUT2D eigenvalue weighted by molar-refractivity contribution is 6.38. The number of nitrogen functional groups attached to an aromatic ring is 1. The molecule has 6 N–H and O–H groups in total. The minimum atomic E-state index is -1.06. The van der Waals surface area contributed by atoms with Crippen LogP contribution in [-0.2, 0) is 10.2 Å². The molecule has 3 aliphatic rings. The Labute approximate surface area is 257 Å². The number of rotatable bonds is 6. The molecule has 7 rings (SSSR count). The van der Waals surface area contributed by atoms with Crippen molar-refractivity contribution >= 4 is 29.5 Å². The molecule has 11 nitrogen and oxygen atoms in total. The molecule has 4 aromatic rings. The van der Waals surface area contributed by atoms with Gasteiger partial charge in [0, 0.05) is 45.9 Å². The highest BCUT2D eigenvalue weighted by atomic mass is 19.2. The standard InChI is InChI=1S/C32H33F2N9O2/c1-32(11-18-6-7-19(12-32)42(18)31(44)28(36)39-15-35)27-24(16-3-4-16)29(37)43-30(41-27)21(14-40-43)17-5-9-22(38-13-17)20-8-10-23(45-2)26(34)25(20)33/h5,8-10,13-16,18-19H,3-4,6-7,11-12,37H2,1-2H3,(H3,35,36,39)/p+1/t18-,19?,32?/m0/s1. The van der Waals surface area contributed by atoms with Gasteiger partial charge in [0.2, 0.25) is 5.82 Å². The molecule has 1 saturated carbocycles. The van der Waals surface area contributed by atoms with E-state index in [4.69, 9.17) is 26.6 Å². The zero-order valence-corrected chi connectivity index (χ0v) is 25.0. The van der Waals surface area contributed by atoms with Gasteiger partial charge in [0.05, 0.1) is 24.7 Å². The number of nitrogens with two attached hydrogens (primary N) is 3. The van der Waals surface area contributed by atoms with E-state index >= 15 is 0 Å². The van der Waals surface area contributed by atoms with Crippen molar-refractivity contribution in [1.82, 2.24) is 24.5 Å². The van der Waals surface area contributed by atoms with Crippen molar-refractivity contribution in [3.8, 4) is 28.1 Å². The quantitative estimate of drug-likeness (QED) is 0.222. The number of carbonyl (C=O) groups is 1. The van der Waals surface area contributed by atoms with Crippen molar-refractivity contribution in [1.29, 1.82) is 0 Å². The third kappa shape index (κ3) is 4.59. The van der Waals surface area contributed by atoms with E-state index in [1.807, 2.05) is 4.90 Å². The summed E-state index contributed by atoms with van der Waals surface area (Å²) in [6, 6.07) is 6.20. The van der Waals surface area contributed by atoms with Gasteiger partial charge >= 0.3 is 11.7 Å². The minimum absolute atomic E-state index is 0.0107. The van der Waals surface area contributed by atoms with Gasteiger partial charge in [-0.3, -0.25) is 15.2 Å². The Morgan fingerprint density at radius 2 is 1.82 bits per heavy atom. The number of carbonyl (C=O) groups excluding carboxylic acids is 1. The second-order valence-electron chi connectivity index (χ2n) is 12.4. The van der Waals surface area contributed by atoms with Crippen LogP contribution in [0.3, 0.4) is 0 Å². The maximum absolute atomic E-state index is 14.8. The van der Waals surface area contributed by atoms with Crippen LogP contribution < -0.4 is 21.6 Å². The molecule has 13 heteroatoms. The van der Waals surface area contributed by atoms with E-state index in [0.717, 1.165) is 43.3 Å². The van der Waals surface area contributed by atoms with E-state index in [1.54, 1.807) is 29.0 Å². The maximum atomic E-state index is 14.8. The number of amidine groups is 1. The van der Waals surface area contributed by atoms with Crippen molar-refractivity contribution in [3.05, 3.63) is 59.6 Å². The number of hydrogen-bond acceptors (Lipinski definition) is 6. The lowest BCUT2D eigenvalue weighted by Gasteiger charge is -2.45. The first-order chi connectivity index (χ1) is 21.6. The van der Waals surface area contributed by atoms with Crippen LogP contribution in [0.25, 0.3) is 28.0 Å². The smallest absolute Gasteiger partial charge is 0.316 e. The van der Waals surface area contributed by atoms with Crippen molar-refractivity contribution in [2.75, 3.05) is 12.8 Å². The topological polar surface area (TPSA) is 163 Å². The Kier molecular flexibility index (Phi) is 6.79. The largest absolute Gasteiger partial charge is 0.494 e. The molecular formula is C32H34F2N9O2+. The van der Waals surface area contributed by atoms with Gasteiger partial charge < -0.3 is 21.1 Å². The van der Waals surface area contributed by atoms with Crippen LogP contribution in [0.4, 0.5) is 14.6 Å². The number of amides is 1. The molecule has 45 heavy (non-hydrogen) atoms. The molecule has 1 amide bonds. The number of benzene rings is 1. The molecule has 232 valence electrons. The van der Waals surface area contributed by atoms with E-state index in [2.05, 4.69) is 22.0 Å². The zero-order chi connectivity index (χ0) is 31.6. The van der Waals surface area contributed by atoms with Gasteiger partial charge in [0.1, 0.15) is 5.82 Å². The predicted octanol–water partition coefficient (Wildman–Crippen LogP) is 2.76. The molecule has 2 saturated heterocycles. The van der Waals surface area contributed by atoms with Gasteiger partial charge in [0.15, 0.2) is 17.2 Å². The molecule has 0 spiro atoms. The zero-order valence-electron chi connectivity index (χ0n) is 25.0. The minimum Gasteiger partial charge on any atom is -0.494 e. The van der Waals surface area contributed by atoms with E-state index in [0.29, 0.717) is 41.4 Å². The number of nitrogens with zero attached hydrogens (tertiary/aromatic N) is 6. The molecule has 3 fully saturated rings. The number of methoxy groups -OCH3 is 1. The third-order valence-corrected chi connectivity index (χ3v) is 9.55. The molecule has 5 heterocycles. The van der Waals surface area contributed by atoms with Crippen LogP contribution in [0.1, 0.15) is 62.6 Å². The fourth-order valence-corrected chi connectivity index (χ4v) is 7.34. The summed E-state index contributed by atoms with van der Waals surface area (Å²) in [6.45, 7) is 2.21. The first kappa shape index (κ1) is 28.8. The summed E-state index contributed by atoms with van der Waals surface area (Å²) in [5, 5.41) is 9.98. The lowest BCUT2D eigenvalue weighted by atomic mass is 9.72. The number of ether oxygens (including phenoxy) is 1. The molecule has 2 bridgehead atoms. The van der Waals surface area contributed by atoms with Gasteiger partial charge in [-0.05, 0) is 67.6 Å². The number of piperidine rings is 1. The number of hydrogen-bond donors (Lipinski definition) is 3. The molecule has 2 aliphatic heterocycles. The predicted molar refractivity (Wildman–Crippen MR) is 164 cm³/mol. The fourth-order valence-electron chi connectivity index (χ4n) is 7.34. The van der Waals surface area contributed by atoms with Crippen LogP contribution in [0.15, 0.2) is 41.7 Å². The number of pyridine rings is 1. The van der Waals surface area contributed by atoms with Gasteiger partial charge in [-0.2, -0.15) is 14.0 Å². The van der Waals surface area contributed by atoms with Crippen LogP contribution >= 0.6 is 0 Å². The Morgan fingerprint density at radius 3 is 2.44 bits per heavy atom. The van der Waals surface area contributed by atoms with Crippen molar-refractivity contribution in [2.45, 2.75) is 68.9 Å². The maximum Gasteiger partial charge on any atom is 0.316 e. The van der Waals surface area contributed by atoms with E-state index < -0.39 is 11.6 Å². The number of aliphatic imine (C=N–C) groups is 1. The SMILES string of the molecule is COc1ccc(-c2ccc(-c3cnn4c(N)c(C5CC5)c(C5(C)CC6CC[C@@H](C5)N6C(=O)C(N)=NC=[NH2+])nc34)cn2)c(F)c1F. The van der Waals surface area contributed by atoms with Crippen LogP contribution in [-0.4, -0.2) is 61.8 Å². The van der Waals surface area contributed by atoms with Crippen LogP contribution in [0.5, 0.6) is 5.75 Å². The molecule has 3 atom stereocenters. The Morgan fingerprint density at radius 1 is 1.09 bits per heavy atom. The third-order valence-electron chi connectivity index (χ3n) is 9.55. The highest BCUT2D eigenvalue weighted by Gasteiger charge is 2.52. The average molecular weight is 615 g/mol. The fraction of sp³-hybridized carbons (Fsp3) is 0.375. The van der Waals surface area contributed by atoms with Gasteiger partial charge in [0.25, 0.3) is 6.34 Å². The van der Waals surface area contributed by atoms with Crippen LogP contribution in [0, 0.1) is 11.6 Å². The van der Waals surface area contributed by atoms with Gasteiger partial charge in [-0.1, -0.05) is 13.0 Å². The molecule has 1 aliphatic carbocycles. The summed E-state index contributed by atoms with van der Waals surface area (Å²) < 4.78 is 35.7. The second kappa shape index (κ2) is 10.6. The Hall–Kier alpha value is -4.94. The monoisotopic (exact) mass is 614 g/mol. The van der Waals surface area contributed by atoms with Crippen molar-refractivity contribution < 1.29 is 23.7 Å². The second-order valence-corrected chi connectivity index (χ2v) is 12.4. The first-order valence-corrected chi connectivity index (χ1v) is 15.0. The van der Waals surface area contributed by atoms with Crippen molar-refractivity contribution in [2.24, 2.45) is 10.7 Å². The molecule has 0 radical (unpaired) electrons. The van der Waals surface area contributed by atoms with Crippen molar-refractivity contribution in [3.63, 3.8) is 0 Å². The number of anilines is 1. The van der Waals surface area contributed by atoms with Gasteiger partial charge in [-0.25, -0.2) is 9.37 Å². The summed E-state index contributed by atoms with van der Waals surface area (Å²) >= 11 is 0. The van der Waals surface area contributed by atoms with Gasteiger partial charge in [-0.15, -0.1) is 0 Å². The summed E-state index contributed by atoms with van der Waals surface area (Å²) in [7, 11) is 1.28. The van der Waals surface area contributed by atoms with E-state index in [-0.39, 0.29) is 46.2 Å². The molecular weight excluding hydrogens is 580 g/mol. The average Bonchev–Trinajstić information content (AvgIpc) is 3.71. The van der Waals surface area contributed by atoms with Crippen LogP contribution in [0.2, 0.25) is 0 Å². The van der Waals surface area contributed by atoms with E-state index in [1.165, 1.54) is 19.2 Å². The lowest BCUT2D eigenvalue weighted by molar-refractivity contribution is -0.129. The molecule has 1 aromatic carbocycles. The number of fused-ring (bicyclic) bond motifs is 3.